The van der Waals surface area contributed by atoms with Crippen LogP contribution in [0.1, 0.15) is 13.0 Å². The van der Waals surface area contributed by atoms with Gasteiger partial charge in [0.15, 0.2) is 0 Å². The monoisotopic (exact) mass is 135 g/mol. The summed E-state index contributed by atoms with van der Waals surface area (Å²) in [5.74, 6) is 0. The van der Waals surface area contributed by atoms with Crippen molar-refractivity contribution >= 4 is 5.69 Å². The first kappa shape index (κ1) is 7.13. The van der Waals surface area contributed by atoms with Crippen LogP contribution in [-0.4, -0.2) is 6.54 Å². The summed E-state index contributed by atoms with van der Waals surface area (Å²) >= 11 is 0. The van der Waals surface area contributed by atoms with Crippen LogP contribution in [0.2, 0.25) is 0 Å². The second-order valence-corrected chi connectivity index (χ2v) is 2.33. The molecule has 0 saturated heterocycles. The molecule has 0 unspecified atom stereocenters. The molecule has 1 aromatic carbocycles. The van der Waals surface area contributed by atoms with Crippen molar-refractivity contribution in [1.29, 1.82) is 0 Å². The second kappa shape index (κ2) is 2.74. The molecular weight excluding hydrogens is 122 g/mol. The topological polar surface area (TPSA) is 12.0 Å². The average Bonchev–Trinajstić information content (AvgIpc) is 2.33. The Hall–Kier alpha value is -0.980. The third-order valence-electron chi connectivity index (χ3n) is 1.73. The predicted octanol–water partition coefficient (Wildman–Crippen LogP) is 2.29. The predicted molar refractivity (Wildman–Crippen MR) is 45.4 cm³/mol. The van der Waals surface area contributed by atoms with Gasteiger partial charge >= 0.3 is 0 Å². The summed E-state index contributed by atoms with van der Waals surface area (Å²) in [7, 11) is 0. The zero-order valence-electron chi connectivity index (χ0n) is 5.22. The summed E-state index contributed by atoms with van der Waals surface area (Å²) in [6.45, 7) is 1.11. The Morgan fingerprint density at radius 2 is 2.00 bits per heavy atom. The minimum Gasteiger partial charge on any atom is -0.384 e. The largest absolute Gasteiger partial charge is 0.384 e. The first-order valence-electron chi connectivity index (χ1n) is 3.28. The molecule has 0 radical (unpaired) electrons. The number of rotatable bonds is 0. The fourth-order valence-corrected chi connectivity index (χ4v) is 1.24. The summed E-state index contributed by atoms with van der Waals surface area (Å²) in [4.78, 5) is 0. The number of anilines is 1. The van der Waals surface area contributed by atoms with E-state index in [0.29, 0.717) is 0 Å². The van der Waals surface area contributed by atoms with Crippen LogP contribution < -0.4 is 5.32 Å². The minimum absolute atomic E-state index is 0. The van der Waals surface area contributed by atoms with E-state index in [-0.39, 0.29) is 7.43 Å². The lowest BCUT2D eigenvalue weighted by molar-refractivity contribution is 1.11. The van der Waals surface area contributed by atoms with Crippen LogP contribution in [0.15, 0.2) is 24.3 Å². The highest BCUT2D eigenvalue weighted by Gasteiger charge is 2.05. The Kier molecular flexibility index (Phi) is 1.95. The molecular formula is C9H13N. The van der Waals surface area contributed by atoms with E-state index in [0.717, 1.165) is 6.54 Å². The maximum Gasteiger partial charge on any atom is 0.0373 e. The van der Waals surface area contributed by atoms with E-state index < -0.39 is 0 Å². The fraction of sp³-hybridized carbons (Fsp3) is 0.333. The lowest BCUT2D eigenvalue weighted by Crippen LogP contribution is -1.90. The third kappa shape index (κ3) is 0.991. The number of fused-ring (bicyclic) bond motifs is 1. The normalized spacial score (nSPS) is 13.2. The van der Waals surface area contributed by atoms with E-state index in [2.05, 4.69) is 29.6 Å². The summed E-state index contributed by atoms with van der Waals surface area (Å²) in [6.07, 6.45) is 1.19. The van der Waals surface area contributed by atoms with Crippen LogP contribution in [0.25, 0.3) is 0 Å². The Bertz CT molecular complexity index is 195. The number of hydrogen-bond acceptors (Lipinski definition) is 1. The second-order valence-electron chi connectivity index (χ2n) is 2.33. The Morgan fingerprint density at radius 1 is 1.20 bits per heavy atom. The molecule has 1 heteroatoms. The summed E-state index contributed by atoms with van der Waals surface area (Å²) < 4.78 is 0. The van der Waals surface area contributed by atoms with Crippen molar-refractivity contribution in [3.8, 4) is 0 Å². The molecule has 0 aromatic heterocycles. The van der Waals surface area contributed by atoms with Crippen molar-refractivity contribution in [3.05, 3.63) is 29.8 Å². The van der Waals surface area contributed by atoms with Crippen molar-refractivity contribution in [1.82, 2.24) is 0 Å². The van der Waals surface area contributed by atoms with Gasteiger partial charge in [-0.15, -0.1) is 0 Å². The molecule has 1 N–H and O–H groups in total. The van der Waals surface area contributed by atoms with Gasteiger partial charge in [0.1, 0.15) is 0 Å². The van der Waals surface area contributed by atoms with E-state index in [4.69, 9.17) is 0 Å². The SMILES string of the molecule is C.c1ccc2c(c1)CCN2. The van der Waals surface area contributed by atoms with E-state index in [9.17, 15) is 0 Å². The highest BCUT2D eigenvalue weighted by molar-refractivity contribution is 5.54. The average molecular weight is 135 g/mol. The van der Waals surface area contributed by atoms with Gasteiger partial charge in [-0.3, -0.25) is 0 Å². The zero-order valence-corrected chi connectivity index (χ0v) is 5.22. The maximum absolute atomic E-state index is 3.30. The van der Waals surface area contributed by atoms with Crippen LogP contribution >= 0.6 is 0 Å². The van der Waals surface area contributed by atoms with Crippen molar-refractivity contribution in [2.45, 2.75) is 13.8 Å². The van der Waals surface area contributed by atoms with Crippen LogP contribution in [0.5, 0.6) is 0 Å². The molecule has 1 aromatic rings. The van der Waals surface area contributed by atoms with Crippen molar-refractivity contribution < 1.29 is 0 Å². The molecule has 0 bridgehead atoms. The molecule has 10 heavy (non-hydrogen) atoms. The van der Waals surface area contributed by atoms with Gasteiger partial charge in [-0.2, -0.15) is 0 Å². The molecule has 1 nitrogen and oxygen atoms in total. The number of para-hydroxylation sites is 1. The molecule has 0 aliphatic carbocycles. The van der Waals surface area contributed by atoms with E-state index in [1.165, 1.54) is 17.7 Å². The third-order valence-corrected chi connectivity index (χ3v) is 1.73. The standard InChI is InChI=1S/C8H9N.CH4/c1-2-4-8-7(3-1)5-6-9-8;/h1-4,9H,5-6H2;1H4. The summed E-state index contributed by atoms with van der Waals surface area (Å²) in [5.41, 5.74) is 2.77. The van der Waals surface area contributed by atoms with Gasteiger partial charge in [-0.25, -0.2) is 0 Å². The number of benzene rings is 1. The first-order chi connectivity index (χ1) is 4.47. The van der Waals surface area contributed by atoms with Gasteiger partial charge in [0.05, 0.1) is 0 Å². The molecule has 54 valence electrons. The van der Waals surface area contributed by atoms with Gasteiger partial charge < -0.3 is 5.32 Å². The molecule has 0 fully saturated rings. The molecule has 0 saturated carbocycles. The molecule has 0 spiro atoms. The molecule has 0 amide bonds. The molecule has 1 aliphatic heterocycles. The minimum atomic E-state index is 0. The van der Waals surface area contributed by atoms with Gasteiger partial charge in [-0.1, -0.05) is 25.6 Å². The lowest BCUT2D eigenvalue weighted by atomic mass is 10.2. The lowest BCUT2D eigenvalue weighted by Gasteiger charge is -1.94. The van der Waals surface area contributed by atoms with Crippen LogP contribution in [-0.2, 0) is 6.42 Å². The first-order valence-corrected chi connectivity index (χ1v) is 3.28. The van der Waals surface area contributed by atoms with Crippen LogP contribution in [0.3, 0.4) is 0 Å². The zero-order chi connectivity index (χ0) is 6.10. The number of hydrogen-bond donors (Lipinski definition) is 1. The fourth-order valence-electron chi connectivity index (χ4n) is 1.24. The van der Waals surface area contributed by atoms with E-state index >= 15 is 0 Å². The highest BCUT2D eigenvalue weighted by Crippen LogP contribution is 2.19. The maximum atomic E-state index is 3.30. The smallest absolute Gasteiger partial charge is 0.0373 e. The van der Waals surface area contributed by atoms with E-state index in [1.807, 2.05) is 0 Å². The van der Waals surface area contributed by atoms with Crippen molar-refractivity contribution in [3.63, 3.8) is 0 Å². The van der Waals surface area contributed by atoms with Crippen molar-refractivity contribution in [2.24, 2.45) is 0 Å². The Balaban J connectivity index is 0.000000500. The van der Waals surface area contributed by atoms with Crippen LogP contribution in [0, 0.1) is 0 Å². The number of nitrogens with one attached hydrogen (secondary N) is 1. The van der Waals surface area contributed by atoms with Gasteiger partial charge in [-0.05, 0) is 18.1 Å². The van der Waals surface area contributed by atoms with Gasteiger partial charge in [0, 0.05) is 12.2 Å². The molecule has 2 rings (SSSR count). The summed E-state index contributed by atoms with van der Waals surface area (Å²) in [5, 5.41) is 3.30. The Morgan fingerprint density at radius 3 is 2.80 bits per heavy atom. The quantitative estimate of drug-likeness (QED) is 0.575. The highest BCUT2D eigenvalue weighted by atomic mass is 14.9. The van der Waals surface area contributed by atoms with Crippen molar-refractivity contribution in [2.75, 3.05) is 11.9 Å². The van der Waals surface area contributed by atoms with E-state index in [1.54, 1.807) is 0 Å². The summed E-state index contributed by atoms with van der Waals surface area (Å²) in [6, 6.07) is 8.46. The van der Waals surface area contributed by atoms with Crippen LogP contribution in [0.4, 0.5) is 5.69 Å². The van der Waals surface area contributed by atoms with Gasteiger partial charge in [0.2, 0.25) is 0 Å². The Labute approximate surface area is 62.1 Å². The molecule has 0 atom stereocenters. The molecule has 1 heterocycles. The van der Waals surface area contributed by atoms with Gasteiger partial charge in [0.25, 0.3) is 0 Å². The molecule has 1 aliphatic rings.